The van der Waals surface area contributed by atoms with Gasteiger partial charge in [-0.15, -0.1) is 0 Å². The van der Waals surface area contributed by atoms with Gasteiger partial charge in [0.25, 0.3) is 0 Å². The summed E-state index contributed by atoms with van der Waals surface area (Å²) in [6.07, 6.45) is 1.24. The van der Waals surface area contributed by atoms with Gasteiger partial charge in [-0.3, -0.25) is 0 Å². The standard InChI is InChI=1S/C13H18N2S/c1-8-6-9(4-5-10(8)12(14)16)15-11-7-13(11,2)3/h4-6,11,15H,7H2,1-3H3,(H2,14,16). The lowest BCUT2D eigenvalue weighted by Gasteiger charge is -2.11. The zero-order valence-corrected chi connectivity index (χ0v) is 10.8. The molecule has 86 valence electrons. The molecule has 2 nitrogen and oxygen atoms in total. The summed E-state index contributed by atoms with van der Waals surface area (Å²) in [5, 5.41) is 3.53. The van der Waals surface area contributed by atoms with E-state index < -0.39 is 0 Å². The second-order valence-corrected chi connectivity index (χ2v) is 5.72. The molecule has 1 aliphatic carbocycles. The van der Waals surface area contributed by atoms with Crippen molar-refractivity contribution in [3.63, 3.8) is 0 Å². The highest BCUT2D eigenvalue weighted by molar-refractivity contribution is 7.80. The van der Waals surface area contributed by atoms with Crippen LogP contribution in [0.25, 0.3) is 0 Å². The summed E-state index contributed by atoms with van der Waals surface area (Å²) in [5.74, 6) is 0. The quantitative estimate of drug-likeness (QED) is 0.790. The number of nitrogens with two attached hydrogens (primary N) is 1. The molecule has 2 rings (SSSR count). The van der Waals surface area contributed by atoms with Crippen LogP contribution in [0, 0.1) is 12.3 Å². The first-order valence-corrected chi connectivity index (χ1v) is 5.98. The van der Waals surface area contributed by atoms with Crippen LogP contribution >= 0.6 is 12.2 Å². The maximum absolute atomic E-state index is 5.63. The fourth-order valence-corrected chi connectivity index (χ4v) is 2.17. The van der Waals surface area contributed by atoms with Gasteiger partial charge in [-0.2, -0.15) is 0 Å². The summed E-state index contributed by atoms with van der Waals surface area (Å²) in [4.78, 5) is 0.468. The van der Waals surface area contributed by atoms with E-state index >= 15 is 0 Å². The van der Waals surface area contributed by atoms with Gasteiger partial charge in [0.05, 0.1) is 0 Å². The van der Waals surface area contributed by atoms with Crippen molar-refractivity contribution in [3.8, 4) is 0 Å². The first-order chi connectivity index (χ1) is 7.40. The van der Waals surface area contributed by atoms with Crippen LogP contribution in [0.4, 0.5) is 5.69 Å². The van der Waals surface area contributed by atoms with E-state index in [-0.39, 0.29) is 0 Å². The molecule has 1 unspecified atom stereocenters. The lowest BCUT2D eigenvalue weighted by atomic mass is 10.1. The van der Waals surface area contributed by atoms with E-state index in [0.29, 0.717) is 16.4 Å². The van der Waals surface area contributed by atoms with Gasteiger partial charge in [-0.05, 0) is 42.5 Å². The molecule has 0 radical (unpaired) electrons. The minimum Gasteiger partial charge on any atom is -0.389 e. The molecule has 1 atom stereocenters. The molecule has 0 heterocycles. The van der Waals surface area contributed by atoms with E-state index in [4.69, 9.17) is 18.0 Å². The van der Waals surface area contributed by atoms with E-state index in [0.717, 1.165) is 16.8 Å². The predicted molar refractivity (Wildman–Crippen MR) is 72.9 cm³/mol. The summed E-state index contributed by atoms with van der Waals surface area (Å²) in [6.45, 7) is 6.60. The molecule has 3 heteroatoms. The van der Waals surface area contributed by atoms with Crippen molar-refractivity contribution in [2.24, 2.45) is 11.1 Å². The van der Waals surface area contributed by atoms with Gasteiger partial charge < -0.3 is 11.1 Å². The van der Waals surface area contributed by atoms with Gasteiger partial charge in [0.15, 0.2) is 0 Å². The third-order valence-corrected chi connectivity index (χ3v) is 3.57. The van der Waals surface area contributed by atoms with E-state index in [9.17, 15) is 0 Å². The zero-order valence-electron chi connectivity index (χ0n) is 10.0. The van der Waals surface area contributed by atoms with Crippen LogP contribution in [0.2, 0.25) is 0 Å². The molecule has 1 aromatic carbocycles. The largest absolute Gasteiger partial charge is 0.389 e. The van der Waals surface area contributed by atoms with Gasteiger partial charge in [0.2, 0.25) is 0 Å². The molecular formula is C13H18N2S. The smallest absolute Gasteiger partial charge is 0.104 e. The van der Waals surface area contributed by atoms with E-state index in [1.165, 1.54) is 6.42 Å². The minimum atomic E-state index is 0.440. The normalized spacial score (nSPS) is 21.6. The van der Waals surface area contributed by atoms with Crippen LogP contribution < -0.4 is 11.1 Å². The summed E-state index contributed by atoms with van der Waals surface area (Å²) >= 11 is 4.99. The number of hydrogen-bond acceptors (Lipinski definition) is 2. The maximum atomic E-state index is 5.63. The Balaban J connectivity index is 2.13. The third kappa shape index (κ3) is 2.19. The first kappa shape index (κ1) is 11.4. The molecule has 1 aliphatic rings. The van der Waals surface area contributed by atoms with Crippen molar-refractivity contribution in [2.75, 3.05) is 5.32 Å². The average Bonchev–Trinajstić information content (AvgIpc) is 2.72. The molecule has 1 aromatic rings. The summed E-state index contributed by atoms with van der Waals surface area (Å²) < 4.78 is 0. The van der Waals surface area contributed by atoms with Crippen molar-refractivity contribution in [1.29, 1.82) is 0 Å². The molecular weight excluding hydrogens is 216 g/mol. The van der Waals surface area contributed by atoms with Crippen LogP contribution in [0.15, 0.2) is 18.2 Å². The van der Waals surface area contributed by atoms with Gasteiger partial charge in [0, 0.05) is 17.3 Å². The Morgan fingerprint density at radius 1 is 1.50 bits per heavy atom. The molecule has 0 bridgehead atoms. The topological polar surface area (TPSA) is 38.0 Å². The van der Waals surface area contributed by atoms with Crippen molar-refractivity contribution in [1.82, 2.24) is 0 Å². The van der Waals surface area contributed by atoms with Gasteiger partial charge in [-0.25, -0.2) is 0 Å². The predicted octanol–water partition coefficient (Wildman–Crippen LogP) is 2.84. The zero-order chi connectivity index (χ0) is 11.9. The Bertz CT molecular complexity index is 438. The molecule has 3 N–H and O–H groups in total. The summed E-state index contributed by atoms with van der Waals surface area (Å²) in [7, 11) is 0. The van der Waals surface area contributed by atoms with Crippen molar-refractivity contribution in [3.05, 3.63) is 29.3 Å². The second-order valence-electron chi connectivity index (χ2n) is 5.28. The highest BCUT2D eigenvalue weighted by Gasteiger charge is 2.45. The van der Waals surface area contributed by atoms with Gasteiger partial charge in [-0.1, -0.05) is 26.1 Å². The number of nitrogens with one attached hydrogen (secondary N) is 1. The molecule has 1 fully saturated rings. The average molecular weight is 234 g/mol. The highest BCUT2D eigenvalue weighted by atomic mass is 32.1. The highest BCUT2D eigenvalue weighted by Crippen LogP contribution is 2.46. The van der Waals surface area contributed by atoms with Gasteiger partial charge in [0.1, 0.15) is 4.99 Å². The molecule has 1 saturated carbocycles. The van der Waals surface area contributed by atoms with E-state index in [1.807, 2.05) is 13.0 Å². The fourth-order valence-electron chi connectivity index (χ4n) is 1.94. The van der Waals surface area contributed by atoms with Crippen LogP contribution in [-0.4, -0.2) is 11.0 Å². The molecule has 0 aliphatic heterocycles. The second kappa shape index (κ2) is 3.74. The van der Waals surface area contributed by atoms with Crippen LogP contribution in [0.1, 0.15) is 31.4 Å². The number of hydrogen-bond donors (Lipinski definition) is 2. The molecule has 0 aromatic heterocycles. The Morgan fingerprint density at radius 2 is 2.12 bits per heavy atom. The lowest BCUT2D eigenvalue weighted by molar-refractivity contribution is 0.630. The molecule has 0 spiro atoms. The Hall–Kier alpha value is -1.09. The molecule has 16 heavy (non-hydrogen) atoms. The first-order valence-electron chi connectivity index (χ1n) is 5.57. The molecule has 0 saturated heterocycles. The van der Waals surface area contributed by atoms with E-state index in [2.05, 4.69) is 31.3 Å². The summed E-state index contributed by atoms with van der Waals surface area (Å²) in [6, 6.07) is 6.76. The number of rotatable bonds is 3. The summed E-state index contributed by atoms with van der Waals surface area (Å²) in [5.41, 5.74) is 9.34. The van der Waals surface area contributed by atoms with Crippen molar-refractivity contribution >= 4 is 22.9 Å². The number of anilines is 1. The van der Waals surface area contributed by atoms with Crippen LogP contribution in [0.5, 0.6) is 0 Å². The Kier molecular flexibility index (Phi) is 2.66. The number of benzene rings is 1. The fraction of sp³-hybridized carbons (Fsp3) is 0.462. The molecule has 0 amide bonds. The minimum absolute atomic E-state index is 0.440. The number of thiocarbonyl (C=S) groups is 1. The monoisotopic (exact) mass is 234 g/mol. The van der Waals surface area contributed by atoms with Gasteiger partial charge >= 0.3 is 0 Å². The van der Waals surface area contributed by atoms with Crippen molar-refractivity contribution < 1.29 is 0 Å². The Morgan fingerprint density at radius 3 is 2.56 bits per heavy atom. The van der Waals surface area contributed by atoms with Crippen LogP contribution in [0.3, 0.4) is 0 Å². The third-order valence-electron chi connectivity index (χ3n) is 3.35. The van der Waals surface area contributed by atoms with E-state index in [1.54, 1.807) is 0 Å². The Labute approximate surface area is 102 Å². The van der Waals surface area contributed by atoms with Crippen molar-refractivity contribution in [2.45, 2.75) is 33.2 Å². The SMILES string of the molecule is Cc1cc(NC2CC2(C)C)ccc1C(N)=S. The lowest BCUT2D eigenvalue weighted by Crippen LogP contribution is -2.12. The maximum Gasteiger partial charge on any atom is 0.104 e. The van der Waals surface area contributed by atoms with Crippen LogP contribution in [-0.2, 0) is 0 Å². The number of aryl methyl sites for hydroxylation is 1.